The number of likely N-dealkylation sites (tertiary alicyclic amines) is 1. The van der Waals surface area contributed by atoms with E-state index in [9.17, 15) is 13.2 Å². The van der Waals surface area contributed by atoms with Gasteiger partial charge in [0, 0.05) is 25.7 Å². The van der Waals surface area contributed by atoms with Crippen LogP contribution in [0.15, 0.2) is 29.7 Å². The molecule has 1 aromatic carbocycles. The molecule has 0 unspecified atom stereocenters. The molecule has 1 fully saturated rings. The minimum Gasteiger partial charge on any atom is -0.339 e. The van der Waals surface area contributed by atoms with Gasteiger partial charge in [-0.1, -0.05) is 17.2 Å². The van der Waals surface area contributed by atoms with E-state index >= 15 is 0 Å². The molecule has 0 saturated carbocycles. The number of amides is 1. The van der Waals surface area contributed by atoms with Crippen molar-refractivity contribution in [3.8, 4) is 0 Å². The lowest BCUT2D eigenvalue weighted by molar-refractivity contribution is 0.0725. The van der Waals surface area contributed by atoms with Gasteiger partial charge in [-0.2, -0.15) is 0 Å². The van der Waals surface area contributed by atoms with Gasteiger partial charge in [0.1, 0.15) is 6.33 Å². The van der Waals surface area contributed by atoms with Crippen molar-refractivity contribution >= 4 is 15.7 Å². The second-order valence-corrected chi connectivity index (χ2v) is 8.76. The largest absolute Gasteiger partial charge is 0.339 e. The highest BCUT2D eigenvalue weighted by atomic mass is 32.2. The van der Waals surface area contributed by atoms with Crippen LogP contribution in [0.4, 0.5) is 0 Å². The summed E-state index contributed by atoms with van der Waals surface area (Å²) in [5.41, 5.74) is 2.75. The van der Waals surface area contributed by atoms with Crippen molar-refractivity contribution in [1.82, 2.24) is 19.7 Å². The highest BCUT2D eigenvalue weighted by Crippen LogP contribution is 2.24. The highest BCUT2D eigenvalue weighted by Gasteiger charge is 2.35. The normalized spacial score (nSPS) is 16.2. The minimum absolute atomic E-state index is 0.00779. The fourth-order valence-electron chi connectivity index (χ4n) is 3.33. The van der Waals surface area contributed by atoms with E-state index in [1.54, 1.807) is 11.9 Å². The second kappa shape index (κ2) is 6.59. The summed E-state index contributed by atoms with van der Waals surface area (Å²) in [5.74, 6) is -0.0405. The first-order valence-electron chi connectivity index (χ1n) is 8.24. The lowest BCUT2D eigenvalue weighted by Gasteiger charge is -2.31. The predicted octanol–water partition coefficient (Wildman–Crippen LogP) is 1.51. The average Bonchev–Trinajstić information content (AvgIpc) is 3.00. The van der Waals surface area contributed by atoms with Crippen LogP contribution in [-0.4, -0.2) is 52.3 Å². The van der Waals surface area contributed by atoms with E-state index in [1.807, 2.05) is 32.0 Å². The van der Waals surface area contributed by atoms with Gasteiger partial charge in [-0.15, -0.1) is 10.2 Å². The molecule has 1 aliphatic heterocycles. The van der Waals surface area contributed by atoms with Gasteiger partial charge in [0.2, 0.25) is 15.0 Å². The van der Waals surface area contributed by atoms with Crippen LogP contribution in [0, 0.1) is 13.8 Å². The average molecular weight is 362 g/mol. The Labute approximate surface area is 147 Å². The van der Waals surface area contributed by atoms with Crippen LogP contribution < -0.4 is 0 Å². The van der Waals surface area contributed by atoms with Gasteiger partial charge in [-0.05, 0) is 38.8 Å². The first-order valence-corrected chi connectivity index (χ1v) is 9.79. The lowest BCUT2D eigenvalue weighted by Crippen LogP contribution is -2.42. The molecule has 0 atom stereocenters. The number of hydrogen-bond acceptors (Lipinski definition) is 5. The van der Waals surface area contributed by atoms with Crippen molar-refractivity contribution < 1.29 is 13.2 Å². The molecular weight excluding hydrogens is 340 g/mol. The van der Waals surface area contributed by atoms with Crippen molar-refractivity contribution in [1.29, 1.82) is 0 Å². The zero-order valence-electron chi connectivity index (χ0n) is 14.6. The third-order valence-electron chi connectivity index (χ3n) is 4.56. The molecular formula is C17H22N4O3S. The maximum Gasteiger partial charge on any atom is 0.253 e. The Kier molecular flexibility index (Phi) is 4.64. The van der Waals surface area contributed by atoms with Crippen molar-refractivity contribution in [2.75, 3.05) is 13.1 Å². The molecule has 0 radical (unpaired) electrons. The van der Waals surface area contributed by atoms with Crippen LogP contribution in [0.5, 0.6) is 0 Å². The molecule has 3 rings (SSSR count). The molecule has 2 heterocycles. The van der Waals surface area contributed by atoms with Crippen molar-refractivity contribution in [2.45, 2.75) is 37.1 Å². The highest BCUT2D eigenvalue weighted by molar-refractivity contribution is 7.91. The summed E-state index contributed by atoms with van der Waals surface area (Å²) in [6.07, 6.45) is 2.20. The van der Waals surface area contributed by atoms with E-state index < -0.39 is 15.1 Å². The number of benzene rings is 1. The quantitative estimate of drug-likeness (QED) is 0.826. The standard InChI is InChI=1S/C17H22N4O3S/c1-12-8-13(2)10-14(9-12)16(22)21-6-4-15(5-7-21)25(23,24)17-19-18-11-20(17)3/h8-11,15H,4-7H2,1-3H3. The third kappa shape index (κ3) is 3.44. The monoisotopic (exact) mass is 362 g/mol. The molecule has 2 aromatic rings. The van der Waals surface area contributed by atoms with E-state index in [0.29, 0.717) is 31.5 Å². The number of rotatable bonds is 3. The van der Waals surface area contributed by atoms with E-state index in [-0.39, 0.29) is 11.1 Å². The Balaban J connectivity index is 1.71. The van der Waals surface area contributed by atoms with Crippen molar-refractivity contribution in [3.63, 3.8) is 0 Å². The van der Waals surface area contributed by atoms with E-state index in [0.717, 1.165) is 11.1 Å². The molecule has 0 N–H and O–H groups in total. The number of carbonyl (C=O) groups is 1. The van der Waals surface area contributed by atoms with Gasteiger partial charge in [0.15, 0.2) is 0 Å². The lowest BCUT2D eigenvalue weighted by atomic mass is 10.0. The maximum absolute atomic E-state index is 12.7. The van der Waals surface area contributed by atoms with E-state index in [1.165, 1.54) is 10.9 Å². The number of aromatic nitrogens is 3. The molecule has 8 heteroatoms. The summed E-state index contributed by atoms with van der Waals surface area (Å²) in [5, 5.41) is 6.84. The molecule has 1 amide bonds. The fraction of sp³-hybridized carbons (Fsp3) is 0.471. The number of nitrogens with zero attached hydrogens (tertiary/aromatic N) is 4. The molecule has 1 aromatic heterocycles. The molecule has 1 aliphatic rings. The van der Waals surface area contributed by atoms with Gasteiger partial charge in [0.05, 0.1) is 5.25 Å². The van der Waals surface area contributed by atoms with Crippen molar-refractivity contribution in [3.05, 3.63) is 41.2 Å². The summed E-state index contributed by atoms with van der Waals surface area (Å²) < 4.78 is 26.8. The number of carbonyl (C=O) groups excluding carboxylic acids is 1. The zero-order chi connectivity index (χ0) is 18.2. The Morgan fingerprint density at radius 1 is 1.12 bits per heavy atom. The SMILES string of the molecule is Cc1cc(C)cc(C(=O)N2CCC(S(=O)(=O)c3nncn3C)CC2)c1. The smallest absolute Gasteiger partial charge is 0.253 e. The topological polar surface area (TPSA) is 85.2 Å². The Morgan fingerprint density at radius 3 is 2.24 bits per heavy atom. The summed E-state index contributed by atoms with van der Waals surface area (Å²) in [6, 6.07) is 5.77. The summed E-state index contributed by atoms with van der Waals surface area (Å²) in [6.45, 7) is 4.77. The van der Waals surface area contributed by atoms with Gasteiger partial charge in [-0.25, -0.2) is 8.42 Å². The van der Waals surface area contributed by atoms with Gasteiger partial charge in [0.25, 0.3) is 5.91 Å². The number of aryl methyl sites for hydroxylation is 3. The van der Waals surface area contributed by atoms with Crippen LogP contribution in [0.25, 0.3) is 0 Å². The first-order chi connectivity index (χ1) is 11.8. The van der Waals surface area contributed by atoms with Crippen LogP contribution in [-0.2, 0) is 16.9 Å². The summed E-state index contributed by atoms with van der Waals surface area (Å²) in [7, 11) is -1.91. The molecule has 7 nitrogen and oxygen atoms in total. The third-order valence-corrected chi connectivity index (χ3v) is 6.79. The van der Waals surface area contributed by atoms with Crippen molar-refractivity contribution in [2.24, 2.45) is 7.05 Å². The van der Waals surface area contributed by atoms with Crippen LogP contribution in [0.3, 0.4) is 0 Å². The zero-order valence-corrected chi connectivity index (χ0v) is 15.5. The fourth-order valence-corrected chi connectivity index (χ4v) is 5.07. The minimum atomic E-state index is -3.53. The Hall–Kier alpha value is -2.22. The molecule has 25 heavy (non-hydrogen) atoms. The summed E-state index contributed by atoms with van der Waals surface area (Å²) in [4.78, 5) is 14.4. The molecule has 0 aliphatic carbocycles. The number of piperidine rings is 1. The maximum atomic E-state index is 12.7. The number of sulfone groups is 1. The Bertz CT molecular complexity index is 876. The molecule has 1 saturated heterocycles. The first kappa shape index (κ1) is 17.6. The van der Waals surface area contributed by atoms with Gasteiger partial charge < -0.3 is 9.47 Å². The summed E-state index contributed by atoms with van der Waals surface area (Å²) >= 11 is 0. The molecule has 0 bridgehead atoms. The van der Waals surface area contributed by atoms with Gasteiger partial charge in [-0.3, -0.25) is 4.79 Å². The predicted molar refractivity (Wildman–Crippen MR) is 93.0 cm³/mol. The number of hydrogen-bond donors (Lipinski definition) is 0. The Morgan fingerprint density at radius 2 is 1.72 bits per heavy atom. The van der Waals surface area contributed by atoms with E-state index in [2.05, 4.69) is 10.2 Å². The van der Waals surface area contributed by atoms with Gasteiger partial charge >= 0.3 is 0 Å². The second-order valence-electron chi connectivity index (χ2n) is 6.64. The molecule has 0 spiro atoms. The molecule has 134 valence electrons. The van der Waals surface area contributed by atoms with Crippen LogP contribution >= 0.6 is 0 Å². The van der Waals surface area contributed by atoms with E-state index in [4.69, 9.17) is 0 Å². The van der Waals surface area contributed by atoms with Crippen LogP contribution in [0.1, 0.15) is 34.3 Å². The van der Waals surface area contributed by atoms with Crippen LogP contribution in [0.2, 0.25) is 0 Å².